The first-order valence-electron chi connectivity index (χ1n) is 25.2. The average molecular weight is 939 g/mol. The van der Waals surface area contributed by atoms with E-state index in [0.717, 1.165) is 54.9 Å². The maximum absolute atomic E-state index is 11.5. The van der Waals surface area contributed by atoms with Crippen LogP contribution >= 0.6 is 0 Å². The fraction of sp³-hybridized carbons (Fsp3) is 0.0286. The van der Waals surface area contributed by atoms with Gasteiger partial charge in [-0.3, -0.25) is 0 Å². The quantitative estimate of drug-likeness (QED) is 0.167. The highest BCUT2D eigenvalue weighted by atomic mass is 15.0. The highest BCUT2D eigenvalue weighted by Crippen LogP contribution is 2.59. The van der Waals surface area contributed by atoms with Crippen molar-refractivity contribution in [2.75, 3.05) is 0 Å². The lowest BCUT2D eigenvalue weighted by molar-refractivity contribution is 0.769. The largest absolute Gasteiger partial charge is 0.309 e. The summed E-state index contributed by atoms with van der Waals surface area (Å²) in [6, 6.07) is 96.6. The second-order valence-electron chi connectivity index (χ2n) is 19.7. The van der Waals surface area contributed by atoms with Crippen LogP contribution in [0.4, 0.5) is 0 Å². The molecule has 2 aliphatic rings. The number of para-hydroxylation sites is 2. The summed E-state index contributed by atoms with van der Waals surface area (Å²) in [5.41, 5.74) is 19.0. The Morgan fingerprint density at radius 1 is 0.284 bits per heavy atom. The lowest BCUT2D eigenvalue weighted by atomic mass is 9.67. The first-order valence-corrected chi connectivity index (χ1v) is 25.2. The van der Waals surface area contributed by atoms with Gasteiger partial charge in [-0.25, -0.2) is 0 Å². The summed E-state index contributed by atoms with van der Waals surface area (Å²) in [7, 11) is 0. The molecule has 342 valence electrons. The topological polar surface area (TPSA) is 57.4 Å². The van der Waals surface area contributed by atoms with Gasteiger partial charge in [-0.2, -0.15) is 10.5 Å². The molecule has 0 radical (unpaired) electrons. The van der Waals surface area contributed by atoms with Gasteiger partial charge >= 0.3 is 0 Å². The highest BCUT2D eigenvalue weighted by Gasteiger charge is 2.48. The van der Waals surface area contributed by atoms with E-state index in [1.54, 1.807) is 0 Å². The van der Waals surface area contributed by atoms with Gasteiger partial charge in [-0.15, -0.1) is 0 Å². The Balaban J connectivity index is 1.01. The normalized spacial score (nSPS) is 13.6. The number of benzene rings is 11. The van der Waals surface area contributed by atoms with Gasteiger partial charge in [-0.1, -0.05) is 206 Å². The van der Waals surface area contributed by atoms with Gasteiger partial charge in [-0.05, 0) is 115 Å². The van der Waals surface area contributed by atoms with Gasteiger partial charge in [0.05, 0.1) is 49.7 Å². The van der Waals surface area contributed by atoms with E-state index in [0.29, 0.717) is 16.8 Å². The SMILES string of the molecule is N#Cc1cc(-n2c3ccccc3c3cc4c(cc32)C(c2ccccc2)(c2ccccc2)c2ccccc2-4)cc(C#N)c1-n1c2ccccc2c2cc3c(cc21)C(c1ccccc1)(c1ccccc1)c1ccccc1-3. The molecule has 2 heterocycles. The van der Waals surface area contributed by atoms with Gasteiger partial charge in [0.1, 0.15) is 12.1 Å². The monoisotopic (exact) mass is 938 g/mol. The molecule has 15 rings (SSSR count). The average Bonchev–Trinajstić information content (AvgIpc) is 4.20. The maximum Gasteiger partial charge on any atom is 0.101 e. The molecule has 11 aromatic carbocycles. The first kappa shape index (κ1) is 41.8. The minimum absolute atomic E-state index is 0.408. The molecule has 0 saturated heterocycles. The van der Waals surface area contributed by atoms with Crippen LogP contribution in [0.15, 0.2) is 255 Å². The van der Waals surface area contributed by atoms with Crippen LogP contribution in [0.25, 0.3) is 77.2 Å². The Bertz CT molecular complexity index is 4440. The van der Waals surface area contributed by atoms with E-state index < -0.39 is 10.8 Å². The molecular formula is C70H42N4. The second-order valence-corrected chi connectivity index (χ2v) is 19.7. The molecule has 0 saturated carbocycles. The summed E-state index contributed by atoms with van der Waals surface area (Å²) in [6.45, 7) is 0. The van der Waals surface area contributed by atoms with Crippen LogP contribution < -0.4 is 0 Å². The summed E-state index contributed by atoms with van der Waals surface area (Å²) in [5.74, 6) is 0. The molecule has 0 unspecified atom stereocenters. The van der Waals surface area contributed by atoms with Gasteiger partial charge in [0.25, 0.3) is 0 Å². The molecule has 0 spiro atoms. The Morgan fingerprint density at radius 2 is 0.635 bits per heavy atom. The molecule has 0 atom stereocenters. The van der Waals surface area contributed by atoms with E-state index in [1.165, 1.54) is 61.2 Å². The predicted octanol–water partition coefficient (Wildman–Crippen LogP) is 16.4. The van der Waals surface area contributed by atoms with E-state index in [-0.39, 0.29) is 0 Å². The van der Waals surface area contributed by atoms with E-state index in [4.69, 9.17) is 0 Å². The van der Waals surface area contributed by atoms with Crippen LogP contribution in [0.3, 0.4) is 0 Å². The number of nitriles is 2. The molecule has 0 aliphatic heterocycles. The Kier molecular flexibility index (Phi) is 8.89. The zero-order chi connectivity index (χ0) is 49.1. The lowest BCUT2D eigenvalue weighted by Crippen LogP contribution is -2.28. The van der Waals surface area contributed by atoms with Crippen molar-refractivity contribution in [1.29, 1.82) is 10.5 Å². The third kappa shape index (κ3) is 5.44. The van der Waals surface area contributed by atoms with Gasteiger partial charge < -0.3 is 9.13 Å². The van der Waals surface area contributed by atoms with Crippen LogP contribution in [0.1, 0.15) is 55.6 Å². The van der Waals surface area contributed by atoms with E-state index in [9.17, 15) is 10.5 Å². The fourth-order valence-corrected chi connectivity index (χ4v) is 13.5. The zero-order valence-electron chi connectivity index (χ0n) is 40.0. The van der Waals surface area contributed by atoms with Crippen molar-refractivity contribution in [1.82, 2.24) is 9.13 Å². The lowest BCUT2D eigenvalue weighted by Gasteiger charge is -2.34. The number of aromatic nitrogens is 2. The molecule has 74 heavy (non-hydrogen) atoms. The molecule has 0 N–H and O–H groups in total. The van der Waals surface area contributed by atoms with Crippen LogP contribution in [0.5, 0.6) is 0 Å². The third-order valence-corrected chi connectivity index (χ3v) is 16.3. The van der Waals surface area contributed by atoms with Crippen molar-refractivity contribution < 1.29 is 0 Å². The molecule has 2 aliphatic carbocycles. The molecule has 0 amide bonds. The molecule has 0 bridgehead atoms. The van der Waals surface area contributed by atoms with Crippen molar-refractivity contribution >= 4 is 43.6 Å². The Hall–Kier alpha value is -10.0. The number of fused-ring (bicyclic) bond motifs is 12. The van der Waals surface area contributed by atoms with Crippen LogP contribution in [-0.2, 0) is 10.8 Å². The molecule has 13 aromatic rings. The van der Waals surface area contributed by atoms with Crippen LogP contribution in [0, 0.1) is 22.7 Å². The van der Waals surface area contributed by atoms with Crippen molar-refractivity contribution in [3.63, 3.8) is 0 Å². The summed E-state index contributed by atoms with van der Waals surface area (Å²) in [5, 5.41) is 27.4. The minimum Gasteiger partial charge on any atom is -0.309 e. The van der Waals surface area contributed by atoms with E-state index in [2.05, 4.69) is 258 Å². The van der Waals surface area contributed by atoms with Crippen molar-refractivity contribution in [3.05, 3.63) is 310 Å². The number of hydrogen-bond donors (Lipinski definition) is 0. The predicted molar refractivity (Wildman–Crippen MR) is 299 cm³/mol. The number of nitrogens with zero attached hydrogens (tertiary/aromatic N) is 4. The third-order valence-electron chi connectivity index (χ3n) is 16.3. The second kappa shape index (κ2) is 15.7. The Labute approximate surface area is 428 Å². The van der Waals surface area contributed by atoms with Gasteiger partial charge in [0.15, 0.2) is 0 Å². The number of rotatable bonds is 6. The van der Waals surface area contributed by atoms with Crippen LogP contribution in [0.2, 0.25) is 0 Å². The minimum atomic E-state index is -0.638. The number of hydrogen-bond acceptors (Lipinski definition) is 2. The molecule has 0 fully saturated rings. The van der Waals surface area contributed by atoms with Gasteiger partial charge in [0.2, 0.25) is 0 Å². The maximum atomic E-state index is 11.5. The molecule has 4 heteroatoms. The first-order chi connectivity index (χ1) is 36.6. The fourth-order valence-electron chi connectivity index (χ4n) is 13.5. The summed E-state index contributed by atoms with van der Waals surface area (Å²) in [6.07, 6.45) is 0. The van der Waals surface area contributed by atoms with Crippen LogP contribution in [-0.4, -0.2) is 9.13 Å². The zero-order valence-corrected chi connectivity index (χ0v) is 40.0. The Morgan fingerprint density at radius 3 is 1.05 bits per heavy atom. The summed E-state index contributed by atoms with van der Waals surface area (Å²) < 4.78 is 4.45. The highest BCUT2D eigenvalue weighted by molar-refractivity contribution is 6.14. The summed E-state index contributed by atoms with van der Waals surface area (Å²) in [4.78, 5) is 0. The van der Waals surface area contributed by atoms with Crippen molar-refractivity contribution in [2.24, 2.45) is 0 Å². The van der Waals surface area contributed by atoms with E-state index in [1.807, 2.05) is 18.2 Å². The molecular weight excluding hydrogens is 897 g/mol. The molecule has 4 nitrogen and oxygen atoms in total. The van der Waals surface area contributed by atoms with E-state index >= 15 is 0 Å². The molecule has 2 aromatic heterocycles. The summed E-state index contributed by atoms with van der Waals surface area (Å²) >= 11 is 0. The standard InChI is InChI=1S/C70H42N4/c71-43-45-37-51(73-64-35-19-15-31-54(64)58-39-56-52-29-13-17-33-60(52)69(62(56)41-66(58)73,47-21-5-1-6-22-47)48-23-7-2-8-24-48)38-46(44-72)68(45)74-65-36-20-16-32-55(65)59-40-57-53-30-14-18-34-61(53)70(63(57)42-67(59)74,49-25-9-3-10-26-49)50-27-11-4-12-28-50/h1-42H. The smallest absolute Gasteiger partial charge is 0.101 e. The van der Waals surface area contributed by atoms with Gasteiger partial charge in [0, 0.05) is 27.2 Å². The van der Waals surface area contributed by atoms with Crippen molar-refractivity contribution in [3.8, 4) is 45.8 Å². The van der Waals surface area contributed by atoms with Crippen molar-refractivity contribution in [2.45, 2.75) is 10.8 Å².